The summed E-state index contributed by atoms with van der Waals surface area (Å²) in [4.78, 5) is 2.45. The number of likely N-dealkylation sites (tertiary alicyclic amines) is 1. The molecule has 110 valence electrons. The molecule has 1 saturated heterocycles. The molecule has 0 atom stereocenters. The predicted molar refractivity (Wildman–Crippen MR) is 85.2 cm³/mol. The van der Waals surface area contributed by atoms with E-state index in [4.69, 9.17) is 0 Å². The molecule has 1 aromatic rings. The lowest BCUT2D eigenvalue weighted by Crippen LogP contribution is -2.44. The van der Waals surface area contributed by atoms with Crippen LogP contribution in [0.15, 0.2) is 24.3 Å². The van der Waals surface area contributed by atoms with Crippen LogP contribution in [0.2, 0.25) is 0 Å². The van der Waals surface area contributed by atoms with E-state index in [1.54, 1.807) is 5.56 Å². The Balaban J connectivity index is 1.39. The molecule has 0 bridgehead atoms. The average molecular weight is 272 g/mol. The molecule has 1 heterocycles. The standard InChI is InChI=1S/C18H28N2/c1-14-5-3-4-6-18(14)16-11-17(12-16)19-13-15-7-9-20(2)10-8-15/h3-6,15-17,19H,7-13H2,1-2H3. The van der Waals surface area contributed by atoms with Crippen LogP contribution in [0.5, 0.6) is 0 Å². The molecule has 2 nitrogen and oxygen atoms in total. The van der Waals surface area contributed by atoms with E-state index in [1.807, 2.05) is 0 Å². The second-order valence-corrected chi connectivity index (χ2v) is 6.88. The Morgan fingerprint density at radius 1 is 1.15 bits per heavy atom. The summed E-state index contributed by atoms with van der Waals surface area (Å²) in [7, 11) is 2.24. The van der Waals surface area contributed by atoms with Gasteiger partial charge in [0.25, 0.3) is 0 Å². The second kappa shape index (κ2) is 6.28. The van der Waals surface area contributed by atoms with E-state index in [0.717, 1.165) is 17.9 Å². The fourth-order valence-corrected chi connectivity index (χ4v) is 3.68. The van der Waals surface area contributed by atoms with Crippen molar-refractivity contribution in [2.24, 2.45) is 5.92 Å². The van der Waals surface area contributed by atoms with E-state index < -0.39 is 0 Å². The topological polar surface area (TPSA) is 15.3 Å². The molecular weight excluding hydrogens is 244 g/mol. The van der Waals surface area contributed by atoms with Crippen molar-refractivity contribution in [3.05, 3.63) is 35.4 Å². The Morgan fingerprint density at radius 3 is 2.55 bits per heavy atom. The molecule has 2 aliphatic rings. The summed E-state index contributed by atoms with van der Waals surface area (Å²) in [5.41, 5.74) is 3.04. The van der Waals surface area contributed by atoms with Crippen LogP contribution in [0, 0.1) is 12.8 Å². The highest BCUT2D eigenvalue weighted by atomic mass is 15.1. The van der Waals surface area contributed by atoms with E-state index in [-0.39, 0.29) is 0 Å². The van der Waals surface area contributed by atoms with Crippen LogP contribution in [0.4, 0.5) is 0 Å². The van der Waals surface area contributed by atoms with Gasteiger partial charge >= 0.3 is 0 Å². The van der Waals surface area contributed by atoms with Gasteiger partial charge in [0.15, 0.2) is 0 Å². The van der Waals surface area contributed by atoms with Gasteiger partial charge in [0.1, 0.15) is 0 Å². The van der Waals surface area contributed by atoms with Gasteiger partial charge in [0.05, 0.1) is 0 Å². The van der Waals surface area contributed by atoms with Crippen molar-refractivity contribution < 1.29 is 0 Å². The number of nitrogens with zero attached hydrogens (tertiary/aromatic N) is 1. The van der Waals surface area contributed by atoms with E-state index in [9.17, 15) is 0 Å². The molecule has 1 saturated carbocycles. The molecular formula is C18H28N2. The minimum Gasteiger partial charge on any atom is -0.314 e. The van der Waals surface area contributed by atoms with Gasteiger partial charge < -0.3 is 10.2 Å². The zero-order chi connectivity index (χ0) is 13.9. The molecule has 1 N–H and O–H groups in total. The summed E-state index contributed by atoms with van der Waals surface area (Å²) >= 11 is 0. The van der Waals surface area contributed by atoms with Crippen LogP contribution >= 0.6 is 0 Å². The van der Waals surface area contributed by atoms with Crippen LogP contribution in [0.1, 0.15) is 42.7 Å². The number of piperidine rings is 1. The number of aryl methyl sites for hydroxylation is 1. The number of hydrogen-bond donors (Lipinski definition) is 1. The van der Waals surface area contributed by atoms with Crippen molar-refractivity contribution in [3.8, 4) is 0 Å². The molecule has 0 aromatic heterocycles. The van der Waals surface area contributed by atoms with Crippen LogP contribution in [-0.4, -0.2) is 37.6 Å². The van der Waals surface area contributed by atoms with Gasteiger partial charge in [-0.3, -0.25) is 0 Å². The maximum absolute atomic E-state index is 3.80. The highest BCUT2D eigenvalue weighted by Gasteiger charge is 2.31. The Bertz CT molecular complexity index is 429. The van der Waals surface area contributed by atoms with Gasteiger partial charge in [-0.2, -0.15) is 0 Å². The number of rotatable bonds is 4. The predicted octanol–water partition coefficient (Wildman–Crippen LogP) is 3.17. The molecule has 0 spiro atoms. The lowest BCUT2D eigenvalue weighted by Gasteiger charge is -2.39. The fraction of sp³-hybridized carbons (Fsp3) is 0.667. The first-order chi connectivity index (χ1) is 9.72. The lowest BCUT2D eigenvalue weighted by molar-refractivity contribution is 0.199. The normalized spacial score (nSPS) is 28.3. The summed E-state index contributed by atoms with van der Waals surface area (Å²) in [5, 5.41) is 3.80. The third-order valence-corrected chi connectivity index (χ3v) is 5.30. The van der Waals surface area contributed by atoms with Crippen molar-refractivity contribution in [1.29, 1.82) is 0 Å². The highest BCUT2D eigenvalue weighted by Crippen LogP contribution is 2.38. The summed E-state index contributed by atoms with van der Waals surface area (Å²) in [6.07, 6.45) is 5.41. The van der Waals surface area contributed by atoms with Gasteiger partial charge in [-0.15, -0.1) is 0 Å². The fourth-order valence-electron chi connectivity index (χ4n) is 3.68. The Kier molecular flexibility index (Phi) is 4.42. The summed E-state index contributed by atoms with van der Waals surface area (Å²) in [6.45, 7) is 6.04. The molecule has 0 amide bonds. The van der Waals surface area contributed by atoms with Crippen molar-refractivity contribution in [2.75, 3.05) is 26.7 Å². The number of hydrogen-bond acceptors (Lipinski definition) is 2. The zero-order valence-corrected chi connectivity index (χ0v) is 12.9. The van der Waals surface area contributed by atoms with Gasteiger partial charge in [-0.25, -0.2) is 0 Å². The lowest BCUT2D eigenvalue weighted by atomic mass is 9.74. The van der Waals surface area contributed by atoms with Crippen molar-refractivity contribution in [3.63, 3.8) is 0 Å². The molecule has 1 aliphatic carbocycles. The first-order valence-electron chi connectivity index (χ1n) is 8.20. The molecule has 0 unspecified atom stereocenters. The smallest absolute Gasteiger partial charge is 0.00788 e. The van der Waals surface area contributed by atoms with Crippen molar-refractivity contribution in [2.45, 2.75) is 44.6 Å². The summed E-state index contributed by atoms with van der Waals surface area (Å²) < 4.78 is 0. The van der Waals surface area contributed by atoms with E-state index in [2.05, 4.69) is 48.5 Å². The van der Waals surface area contributed by atoms with Crippen LogP contribution in [-0.2, 0) is 0 Å². The molecule has 1 aromatic carbocycles. The summed E-state index contributed by atoms with van der Waals surface area (Å²) in [6, 6.07) is 9.65. The Morgan fingerprint density at radius 2 is 1.85 bits per heavy atom. The maximum atomic E-state index is 3.80. The van der Waals surface area contributed by atoms with E-state index in [0.29, 0.717) is 0 Å². The molecule has 3 rings (SSSR count). The molecule has 2 fully saturated rings. The van der Waals surface area contributed by atoms with Gasteiger partial charge in [-0.1, -0.05) is 24.3 Å². The number of nitrogens with one attached hydrogen (secondary N) is 1. The maximum Gasteiger partial charge on any atom is 0.00788 e. The van der Waals surface area contributed by atoms with Crippen LogP contribution in [0.25, 0.3) is 0 Å². The first kappa shape index (κ1) is 14.1. The Hall–Kier alpha value is -0.860. The minimum absolute atomic E-state index is 0.763. The second-order valence-electron chi connectivity index (χ2n) is 6.88. The van der Waals surface area contributed by atoms with Crippen LogP contribution < -0.4 is 5.32 Å². The van der Waals surface area contributed by atoms with E-state index >= 15 is 0 Å². The quantitative estimate of drug-likeness (QED) is 0.905. The van der Waals surface area contributed by atoms with Gasteiger partial charge in [0, 0.05) is 6.04 Å². The van der Waals surface area contributed by atoms with Gasteiger partial charge in [-0.05, 0) is 82.3 Å². The highest BCUT2D eigenvalue weighted by molar-refractivity contribution is 5.31. The monoisotopic (exact) mass is 272 g/mol. The first-order valence-corrected chi connectivity index (χ1v) is 8.20. The molecule has 1 aliphatic heterocycles. The van der Waals surface area contributed by atoms with Gasteiger partial charge in [0.2, 0.25) is 0 Å². The Labute approximate surface area is 123 Å². The SMILES string of the molecule is Cc1ccccc1C1CC(NCC2CCN(C)CC2)C1. The molecule has 20 heavy (non-hydrogen) atoms. The molecule has 2 heteroatoms. The largest absolute Gasteiger partial charge is 0.314 e. The summed E-state index contributed by atoms with van der Waals surface area (Å²) in [5.74, 6) is 1.70. The average Bonchev–Trinajstić information content (AvgIpc) is 2.41. The third-order valence-electron chi connectivity index (χ3n) is 5.30. The molecule has 0 radical (unpaired) electrons. The van der Waals surface area contributed by atoms with E-state index in [1.165, 1.54) is 50.9 Å². The van der Waals surface area contributed by atoms with Crippen molar-refractivity contribution in [1.82, 2.24) is 10.2 Å². The van der Waals surface area contributed by atoms with Crippen LogP contribution in [0.3, 0.4) is 0 Å². The minimum atomic E-state index is 0.763. The zero-order valence-electron chi connectivity index (χ0n) is 12.9. The van der Waals surface area contributed by atoms with Crippen molar-refractivity contribution >= 4 is 0 Å². The third kappa shape index (κ3) is 3.24. The number of benzene rings is 1.